The number of nitrogens with zero attached hydrogens (tertiary/aromatic N) is 1. The van der Waals surface area contributed by atoms with E-state index < -0.39 is 5.97 Å². The van der Waals surface area contributed by atoms with Crippen molar-refractivity contribution < 1.29 is 19.4 Å². The van der Waals surface area contributed by atoms with E-state index in [9.17, 15) is 9.59 Å². The summed E-state index contributed by atoms with van der Waals surface area (Å²) in [6, 6.07) is 0.305. The van der Waals surface area contributed by atoms with Crippen molar-refractivity contribution in [3.63, 3.8) is 0 Å². The molecule has 0 aromatic heterocycles. The predicted molar refractivity (Wildman–Crippen MR) is 65.3 cm³/mol. The third-order valence-electron chi connectivity index (χ3n) is 3.91. The smallest absolute Gasteiger partial charge is 0.410 e. The zero-order valence-electron chi connectivity index (χ0n) is 10.6. The summed E-state index contributed by atoms with van der Waals surface area (Å²) >= 11 is 0. The Balaban J connectivity index is 1.87. The molecule has 0 spiro atoms. The van der Waals surface area contributed by atoms with E-state index in [4.69, 9.17) is 9.84 Å². The van der Waals surface area contributed by atoms with E-state index in [0.29, 0.717) is 25.6 Å². The van der Waals surface area contributed by atoms with Gasteiger partial charge in [-0.3, -0.25) is 4.79 Å². The summed E-state index contributed by atoms with van der Waals surface area (Å²) in [5, 5.41) is 8.69. The van der Waals surface area contributed by atoms with Crippen molar-refractivity contribution in [3.05, 3.63) is 0 Å². The van der Waals surface area contributed by atoms with Gasteiger partial charge in [-0.1, -0.05) is 19.3 Å². The van der Waals surface area contributed by atoms with Crippen LogP contribution >= 0.6 is 0 Å². The molecule has 1 aliphatic carbocycles. The summed E-state index contributed by atoms with van der Waals surface area (Å²) < 4.78 is 5.18. The molecule has 2 aliphatic rings. The Morgan fingerprint density at radius 1 is 1.33 bits per heavy atom. The third kappa shape index (κ3) is 3.37. The molecule has 0 aromatic rings. The Morgan fingerprint density at radius 2 is 2.06 bits per heavy atom. The highest BCUT2D eigenvalue weighted by atomic mass is 16.6. The molecule has 1 unspecified atom stereocenters. The monoisotopic (exact) mass is 255 g/mol. The van der Waals surface area contributed by atoms with E-state index in [1.54, 1.807) is 0 Å². The van der Waals surface area contributed by atoms with E-state index in [-0.39, 0.29) is 18.4 Å². The summed E-state index contributed by atoms with van der Waals surface area (Å²) in [6.45, 7) is 1.03. The van der Waals surface area contributed by atoms with Crippen LogP contribution in [0.25, 0.3) is 0 Å². The zero-order valence-corrected chi connectivity index (χ0v) is 10.6. The molecular formula is C13H21NO4. The third-order valence-corrected chi connectivity index (χ3v) is 3.91. The molecule has 0 aromatic carbocycles. The molecule has 1 saturated carbocycles. The van der Waals surface area contributed by atoms with E-state index in [1.807, 2.05) is 4.90 Å². The van der Waals surface area contributed by atoms with Crippen LogP contribution in [0.5, 0.6) is 0 Å². The van der Waals surface area contributed by atoms with Crippen LogP contribution in [0.15, 0.2) is 0 Å². The molecule has 1 aliphatic heterocycles. The fourth-order valence-electron chi connectivity index (χ4n) is 2.87. The first-order valence-corrected chi connectivity index (χ1v) is 6.82. The number of carboxylic acid groups (broad SMARTS) is 1. The lowest BCUT2D eigenvalue weighted by atomic mass is 9.92. The van der Waals surface area contributed by atoms with Gasteiger partial charge in [0.25, 0.3) is 0 Å². The molecule has 0 bridgehead atoms. The second kappa shape index (κ2) is 6.07. The van der Waals surface area contributed by atoms with Crippen molar-refractivity contribution in [2.45, 2.75) is 51.0 Å². The number of carbonyl (C=O) groups excluding carboxylic acids is 1. The van der Waals surface area contributed by atoms with Gasteiger partial charge in [0, 0.05) is 24.9 Å². The highest BCUT2D eigenvalue weighted by Gasteiger charge is 2.33. The Labute approximate surface area is 107 Å². The van der Waals surface area contributed by atoms with Gasteiger partial charge in [0.2, 0.25) is 0 Å². The molecule has 5 heteroatoms. The highest BCUT2D eigenvalue weighted by Crippen LogP contribution is 2.27. The minimum atomic E-state index is -0.781. The van der Waals surface area contributed by atoms with Gasteiger partial charge in [0.1, 0.15) is 0 Å². The molecule has 1 saturated heterocycles. The fraction of sp³-hybridized carbons (Fsp3) is 0.846. The van der Waals surface area contributed by atoms with E-state index >= 15 is 0 Å². The minimum Gasteiger partial charge on any atom is -0.481 e. The van der Waals surface area contributed by atoms with E-state index in [2.05, 4.69) is 0 Å². The summed E-state index contributed by atoms with van der Waals surface area (Å²) in [6.07, 6.45) is 6.24. The van der Waals surface area contributed by atoms with Gasteiger partial charge in [0.05, 0.1) is 6.61 Å². The number of amides is 1. The van der Waals surface area contributed by atoms with Crippen LogP contribution in [-0.2, 0) is 9.53 Å². The molecule has 102 valence electrons. The van der Waals surface area contributed by atoms with E-state index in [1.165, 1.54) is 19.3 Å². The molecule has 1 amide bonds. The number of ether oxygens (including phenoxy) is 1. The lowest BCUT2D eigenvalue weighted by Gasteiger charge is -2.39. The number of carbonyl (C=O) groups is 2. The molecule has 1 atom stereocenters. The maximum Gasteiger partial charge on any atom is 0.410 e. The zero-order chi connectivity index (χ0) is 13.0. The van der Waals surface area contributed by atoms with Gasteiger partial charge in [-0.05, 0) is 19.3 Å². The predicted octanol–water partition coefficient (Wildman–Crippen LogP) is 2.25. The standard InChI is InChI=1S/C13H21NO4/c15-12(16)7-6-10-8-14(13(17)18-9-10)11-4-2-1-3-5-11/h10-11H,1-9H2,(H,15,16). The first-order valence-electron chi connectivity index (χ1n) is 6.82. The van der Waals surface area contributed by atoms with Crippen LogP contribution in [-0.4, -0.2) is 41.3 Å². The van der Waals surface area contributed by atoms with Gasteiger partial charge < -0.3 is 14.7 Å². The molecule has 5 nitrogen and oxygen atoms in total. The van der Waals surface area contributed by atoms with Crippen LogP contribution in [0, 0.1) is 5.92 Å². The molecule has 1 N–H and O–H groups in total. The Hall–Kier alpha value is -1.26. The van der Waals surface area contributed by atoms with Crippen molar-refractivity contribution in [2.24, 2.45) is 5.92 Å². The second-order valence-electron chi connectivity index (χ2n) is 5.32. The van der Waals surface area contributed by atoms with Gasteiger partial charge in [-0.15, -0.1) is 0 Å². The van der Waals surface area contributed by atoms with Crippen LogP contribution in [0.1, 0.15) is 44.9 Å². The molecular weight excluding hydrogens is 234 g/mol. The molecule has 2 fully saturated rings. The number of carboxylic acids is 1. The van der Waals surface area contributed by atoms with Gasteiger partial charge in [-0.25, -0.2) is 4.79 Å². The molecule has 18 heavy (non-hydrogen) atoms. The van der Waals surface area contributed by atoms with Crippen LogP contribution in [0.2, 0.25) is 0 Å². The van der Waals surface area contributed by atoms with Crippen LogP contribution in [0.3, 0.4) is 0 Å². The van der Waals surface area contributed by atoms with Crippen molar-refractivity contribution in [1.82, 2.24) is 4.90 Å². The Bertz CT molecular complexity index is 312. The Kier molecular flexibility index (Phi) is 4.44. The topological polar surface area (TPSA) is 66.8 Å². The summed E-state index contributed by atoms with van der Waals surface area (Å²) in [4.78, 5) is 24.2. The number of hydrogen-bond donors (Lipinski definition) is 1. The maximum absolute atomic E-state index is 11.8. The van der Waals surface area contributed by atoms with Crippen LogP contribution in [0.4, 0.5) is 4.79 Å². The summed E-state index contributed by atoms with van der Waals surface area (Å²) in [7, 11) is 0. The van der Waals surface area contributed by atoms with Gasteiger partial charge in [-0.2, -0.15) is 0 Å². The number of aliphatic carboxylic acids is 1. The quantitative estimate of drug-likeness (QED) is 0.836. The van der Waals surface area contributed by atoms with Crippen molar-refractivity contribution >= 4 is 12.1 Å². The van der Waals surface area contributed by atoms with Crippen LogP contribution < -0.4 is 0 Å². The maximum atomic E-state index is 11.8. The summed E-state index contributed by atoms with van der Waals surface area (Å²) in [5.41, 5.74) is 0. The largest absolute Gasteiger partial charge is 0.481 e. The lowest BCUT2D eigenvalue weighted by molar-refractivity contribution is -0.137. The Morgan fingerprint density at radius 3 is 2.72 bits per heavy atom. The van der Waals surface area contributed by atoms with Crippen molar-refractivity contribution in [3.8, 4) is 0 Å². The average molecular weight is 255 g/mol. The molecule has 1 heterocycles. The van der Waals surface area contributed by atoms with Gasteiger partial charge >= 0.3 is 12.1 Å². The second-order valence-corrected chi connectivity index (χ2v) is 5.32. The summed E-state index contributed by atoms with van der Waals surface area (Å²) in [5.74, 6) is -0.614. The first-order chi connectivity index (χ1) is 8.66. The SMILES string of the molecule is O=C(O)CCC1COC(=O)N(C2CCCCC2)C1. The van der Waals surface area contributed by atoms with E-state index in [0.717, 1.165) is 12.8 Å². The number of rotatable bonds is 4. The average Bonchev–Trinajstić information content (AvgIpc) is 2.38. The highest BCUT2D eigenvalue weighted by molar-refractivity contribution is 5.69. The lowest BCUT2D eigenvalue weighted by Crippen LogP contribution is -2.49. The number of hydrogen-bond acceptors (Lipinski definition) is 3. The van der Waals surface area contributed by atoms with Gasteiger partial charge in [0.15, 0.2) is 0 Å². The minimum absolute atomic E-state index is 0.153. The molecule has 2 rings (SSSR count). The van der Waals surface area contributed by atoms with Crippen molar-refractivity contribution in [1.29, 1.82) is 0 Å². The fourth-order valence-corrected chi connectivity index (χ4v) is 2.87. The normalized spacial score (nSPS) is 25.9. The number of cyclic esters (lactones) is 1. The molecule has 0 radical (unpaired) electrons. The first kappa shape index (κ1) is 13.2. The van der Waals surface area contributed by atoms with Crippen molar-refractivity contribution in [2.75, 3.05) is 13.2 Å².